The summed E-state index contributed by atoms with van der Waals surface area (Å²) in [6.07, 6.45) is 0. The van der Waals surface area contributed by atoms with Crippen LogP contribution in [-0.4, -0.2) is 6.66 Å². The summed E-state index contributed by atoms with van der Waals surface area (Å²) in [7, 11) is -12.1. The van der Waals surface area contributed by atoms with E-state index in [2.05, 4.69) is 14.6 Å². The minimum absolute atomic E-state index is 0.551. The standard InChI is InChI=1S/C31H33ClN3O5P3/c1-43(39-30-23-13-5-14-24-30,40-31-25-15-6-16-26-31)34-41(32,36-27-17-7-2-8-18-27)33-42(35-43,37-28-19-9-3-10-20-28)38-29-21-11-4-12-22-29/h2-26,33-35,41-42H,1H3. The zero-order valence-corrected chi connectivity index (χ0v) is 27.0. The molecule has 0 spiro atoms. The van der Waals surface area contributed by atoms with Gasteiger partial charge in [0.15, 0.2) is 0 Å². The summed E-state index contributed by atoms with van der Waals surface area (Å²) in [5.41, 5.74) is 0. The molecule has 1 aliphatic rings. The van der Waals surface area contributed by atoms with E-state index in [-0.39, 0.29) is 0 Å². The molecular weight excluding hydrogens is 623 g/mol. The van der Waals surface area contributed by atoms with Crippen LogP contribution < -0.4 is 37.2 Å². The van der Waals surface area contributed by atoms with Crippen molar-refractivity contribution in [1.82, 2.24) is 14.6 Å². The molecule has 5 aromatic carbocycles. The Morgan fingerprint density at radius 2 is 0.791 bits per heavy atom. The molecule has 0 amide bonds. The average molecular weight is 656 g/mol. The Labute approximate surface area is 257 Å². The molecule has 1 heterocycles. The third-order valence-electron chi connectivity index (χ3n) is 6.28. The summed E-state index contributed by atoms with van der Waals surface area (Å²) >= 11 is 7.53. The summed E-state index contributed by atoms with van der Waals surface area (Å²) in [6.45, 7) is 1.84. The van der Waals surface area contributed by atoms with Crippen LogP contribution in [0, 0.1) is 0 Å². The van der Waals surface area contributed by atoms with Gasteiger partial charge in [-0.2, -0.15) is 0 Å². The minimum atomic E-state index is -4.37. The molecule has 0 atom stereocenters. The third-order valence-corrected chi connectivity index (χ3v) is 20.1. The number of para-hydroxylation sites is 5. The first kappa shape index (κ1) is 29.6. The van der Waals surface area contributed by atoms with Crippen molar-refractivity contribution in [2.75, 3.05) is 6.66 Å². The Balaban J connectivity index is 1.54. The van der Waals surface area contributed by atoms with Crippen LogP contribution in [0.3, 0.4) is 0 Å². The first-order valence-corrected chi connectivity index (χ1v) is 20.9. The van der Waals surface area contributed by atoms with E-state index < -0.39 is 22.5 Å². The average Bonchev–Trinajstić information content (AvgIpc) is 2.98. The quantitative estimate of drug-likeness (QED) is 0.129. The van der Waals surface area contributed by atoms with Crippen molar-refractivity contribution < 1.29 is 22.6 Å². The van der Waals surface area contributed by atoms with Gasteiger partial charge in [0.2, 0.25) is 0 Å². The van der Waals surface area contributed by atoms with Crippen LogP contribution >= 0.6 is 33.8 Å². The van der Waals surface area contributed by atoms with Crippen molar-refractivity contribution >= 4 is 33.8 Å². The summed E-state index contributed by atoms with van der Waals surface area (Å²) in [5.74, 6) is 2.78. The molecular formula is C31H33ClN3O5P3. The molecule has 43 heavy (non-hydrogen) atoms. The molecule has 12 heteroatoms. The van der Waals surface area contributed by atoms with Crippen LogP contribution in [0.1, 0.15) is 0 Å². The molecule has 0 aromatic heterocycles. The number of rotatable bonds is 10. The molecule has 6 rings (SSSR count). The normalized spacial score (nSPS) is 20.1. The van der Waals surface area contributed by atoms with E-state index in [4.69, 9.17) is 33.9 Å². The number of hydrogen-bond acceptors (Lipinski definition) is 8. The Kier molecular flexibility index (Phi) is 8.46. The first-order chi connectivity index (χ1) is 20.8. The van der Waals surface area contributed by atoms with E-state index in [0.717, 1.165) is 0 Å². The fourth-order valence-corrected chi connectivity index (χ4v) is 21.7. The van der Waals surface area contributed by atoms with Crippen LogP contribution in [0.25, 0.3) is 0 Å². The Bertz CT molecular complexity index is 1550. The van der Waals surface area contributed by atoms with Gasteiger partial charge < -0.3 is 0 Å². The zero-order chi connectivity index (χ0) is 29.7. The van der Waals surface area contributed by atoms with E-state index in [1.165, 1.54) is 0 Å². The maximum atomic E-state index is 7.53. The SMILES string of the molecule is CP1(Oc2ccccc2)(Oc2ccccc2)N[PH](Cl)(Oc2ccccc2)N[PH](Oc2ccccc2)(Oc2ccccc2)N1. The van der Waals surface area contributed by atoms with E-state index in [1.807, 2.05) is 158 Å². The van der Waals surface area contributed by atoms with E-state index >= 15 is 0 Å². The monoisotopic (exact) mass is 655 g/mol. The number of halogens is 1. The van der Waals surface area contributed by atoms with Gasteiger partial charge in [0.25, 0.3) is 0 Å². The van der Waals surface area contributed by atoms with Crippen molar-refractivity contribution in [3.63, 3.8) is 0 Å². The summed E-state index contributed by atoms with van der Waals surface area (Å²) in [5, 5.41) is 0. The van der Waals surface area contributed by atoms with Gasteiger partial charge in [-0.25, -0.2) is 0 Å². The summed E-state index contributed by atoms with van der Waals surface area (Å²) < 4.78 is 33.9. The van der Waals surface area contributed by atoms with E-state index in [9.17, 15) is 0 Å². The van der Waals surface area contributed by atoms with Gasteiger partial charge in [0, 0.05) is 0 Å². The zero-order valence-electron chi connectivity index (χ0n) is 23.3. The molecule has 224 valence electrons. The van der Waals surface area contributed by atoms with Crippen LogP contribution in [-0.2, 0) is 0 Å². The molecule has 0 aliphatic carbocycles. The molecule has 1 aliphatic heterocycles. The Morgan fingerprint density at radius 3 is 1.16 bits per heavy atom. The topological polar surface area (TPSA) is 82.2 Å². The molecule has 1 saturated heterocycles. The van der Waals surface area contributed by atoms with Crippen LogP contribution in [0.15, 0.2) is 152 Å². The molecule has 1 fully saturated rings. The molecule has 0 radical (unpaired) electrons. The van der Waals surface area contributed by atoms with Crippen LogP contribution in [0.5, 0.6) is 28.7 Å². The van der Waals surface area contributed by atoms with Gasteiger partial charge in [-0.05, 0) is 0 Å². The second kappa shape index (κ2) is 12.3. The second-order valence-corrected chi connectivity index (χ2v) is 20.5. The molecule has 5 aromatic rings. The third kappa shape index (κ3) is 7.38. The van der Waals surface area contributed by atoms with Crippen molar-refractivity contribution in [2.45, 2.75) is 0 Å². The summed E-state index contributed by atoms with van der Waals surface area (Å²) in [6, 6.07) is 46.9. The van der Waals surface area contributed by atoms with Gasteiger partial charge in [-0.3, -0.25) is 0 Å². The number of nitrogens with one attached hydrogen (secondary N) is 3. The van der Waals surface area contributed by atoms with Gasteiger partial charge >= 0.3 is 258 Å². The number of hydrogen-bond donors (Lipinski definition) is 3. The van der Waals surface area contributed by atoms with E-state index in [0.29, 0.717) is 28.7 Å². The Hall–Kier alpha value is -3.44. The van der Waals surface area contributed by atoms with Crippen molar-refractivity contribution in [3.8, 4) is 28.7 Å². The van der Waals surface area contributed by atoms with Gasteiger partial charge in [0.1, 0.15) is 0 Å². The fraction of sp³-hybridized carbons (Fsp3) is 0.0323. The van der Waals surface area contributed by atoms with Gasteiger partial charge in [-0.1, -0.05) is 0 Å². The van der Waals surface area contributed by atoms with Gasteiger partial charge in [0.05, 0.1) is 0 Å². The molecule has 0 unspecified atom stereocenters. The predicted molar refractivity (Wildman–Crippen MR) is 180 cm³/mol. The van der Waals surface area contributed by atoms with Crippen molar-refractivity contribution in [1.29, 1.82) is 0 Å². The van der Waals surface area contributed by atoms with Crippen molar-refractivity contribution in [2.24, 2.45) is 0 Å². The van der Waals surface area contributed by atoms with Crippen LogP contribution in [0.4, 0.5) is 0 Å². The molecule has 0 saturated carbocycles. The molecule has 3 N–H and O–H groups in total. The predicted octanol–water partition coefficient (Wildman–Crippen LogP) is 9.07. The maximum absolute atomic E-state index is 7.53. The summed E-state index contributed by atoms with van der Waals surface area (Å²) in [4.78, 5) is 10.6. The molecule has 8 nitrogen and oxygen atoms in total. The number of benzene rings is 5. The molecule has 0 bridgehead atoms. The van der Waals surface area contributed by atoms with Crippen LogP contribution in [0.2, 0.25) is 0 Å². The Morgan fingerprint density at radius 1 is 0.465 bits per heavy atom. The van der Waals surface area contributed by atoms with Gasteiger partial charge in [-0.15, -0.1) is 0 Å². The fourth-order valence-electron chi connectivity index (χ4n) is 4.68. The second-order valence-electron chi connectivity index (χ2n) is 9.98. The van der Waals surface area contributed by atoms with E-state index in [1.54, 1.807) is 0 Å². The van der Waals surface area contributed by atoms with Crippen molar-refractivity contribution in [3.05, 3.63) is 152 Å². The first-order valence-electron chi connectivity index (χ1n) is 13.6.